The lowest BCUT2D eigenvalue weighted by atomic mass is 10.1. The highest BCUT2D eigenvalue weighted by Gasteiger charge is 2.15. The summed E-state index contributed by atoms with van der Waals surface area (Å²) in [6, 6.07) is 16.6. The largest absolute Gasteiger partial charge is 0.459 e. The summed E-state index contributed by atoms with van der Waals surface area (Å²) in [4.78, 5) is 17.0. The van der Waals surface area contributed by atoms with Crippen LogP contribution in [0.3, 0.4) is 0 Å². The van der Waals surface area contributed by atoms with Crippen LogP contribution in [0.15, 0.2) is 64.2 Å². The van der Waals surface area contributed by atoms with E-state index in [1.165, 1.54) is 7.11 Å². The number of benzene rings is 2. The van der Waals surface area contributed by atoms with E-state index < -0.39 is 0 Å². The number of rotatable bonds is 5. The average Bonchev–Trinajstić information content (AvgIpc) is 3.04. The van der Waals surface area contributed by atoms with Gasteiger partial charge in [0.05, 0.1) is 12.3 Å². The van der Waals surface area contributed by atoms with Gasteiger partial charge in [-0.25, -0.2) is 0 Å². The van der Waals surface area contributed by atoms with Crippen molar-refractivity contribution in [1.29, 1.82) is 0 Å². The van der Waals surface area contributed by atoms with E-state index in [4.69, 9.17) is 4.42 Å². The number of para-hydroxylation sites is 1. The highest BCUT2D eigenvalue weighted by molar-refractivity contribution is 5.95. The maximum absolute atomic E-state index is 12.4. The van der Waals surface area contributed by atoms with Gasteiger partial charge in [0, 0.05) is 10.9 Å². The molecule has 1 N–H and O–H groups in total. The first-order chi connectivity index (χ1) is 11.7. The predicted molar refractivity (Wildman–Crippen MR) is 93.1 cm³/mol. The Morgan fingerprint density at radius 3 is 2.67 bits per heavy atom. The molecule has 122 valence electrons. The molecular formula is C19H18N2O3. The van der Waals surface area contributed by atoms with E-state index >= 15 is 0 Å². The number of oxime groups is 1. The minimum Gasteiger partial charge on any atom is -0.459 e. The molecule has 3 rings (SSSR count). The van der Waals surface area contributed by atoms with Crippen LogP contribution < -0.4 is 5.32 Å². The Hall–Kier alpha value is -3.08. The second-order valence-electron chi connectivity index (χ2n) is 5.42. The number of hydrogen-bond donors (Lipinski definition) is 1. The molecule has 1 aromatic heterocycles. The topological polar surface area (TPSA) is 63.8 Å². The molecule has 3 aromatic rings. The predicted octanol–water partition coefficient (Wildman–Crippen LogP) is 3.90. The van der Waals surface area contributed by atoms with Crippen molar-refractivity contribution in [3.8, 4) is 0 Å². The number of carbonyl (C=O) groups is 1. The lowest BCUT2D eigenvalue weighted by Gasteiger charge is -2.11. The molecule has 0 spiro atoms. The first kappa shape index (κ1) is 15.8. The van der Waals surface area contributed by atoms with Crippen molar-refractivity contribution in [1.82, 2.24) is 5.32 Å². The van der Waals surface area contributed by atoms with Crippen LogP contribution >= 0.6 is 0 Å². The number of furan rings is 1. The molecule has 0 aliphatic heterocycles. The summed E-state index contributed by atoms with van der Waals surface area (Å²) in [5.74, 6) is 0.576. The highest BCUT2D eigenvalue weighted by Crippen LogP contribution is 2.23. The Labute approximate surface area is 139 Å². The van der Waals surface area contributed by atoms with E-state index in [-0.39, 0.29) is 11.9 Å². The van der Waals surface area contributed by atoms with Crippen molar-refractivity contribution >= 4 is 23.1 Å². The van der Waals surface area contributed by atoms with Gasteiger partial charge in [-0.05, 0) is 36.8 Å². The van der Waals surface area contributed by atoms with Crippen LogP contribution in [0.5, 0.6) is 0 Å². The quantitative estimate of drug-likeness (QED) is 0.572. The summed E-state index contributed by atoms with van der Waals surface area (Å²) in [6.45, 7) is 1.90. The standard InChI is InChI=1S/C19H18N2O3/c1-13(18-11-16-5-3-4-6-17(16)24-18)21-19(22)15-9-7-14(8-10-15)12-20-23-2/h3-13H,1-2H3,(H,21,22)/b20-12+. The van der Waals surface area contributed by atoms with Gasteiger partial charge in [-0.15, -0.1) is 0 Å². The molecule has 5 nitrogen and oxygen atoms in total. The number of nitrogens with zero attached hydrogens (tertiary/aromatic N) is 1. The summed E-state index contributed by atoms with van der Waals surface area (Å²) in [5.41, 5.74) is 2.25. The fourth-order valence-corrected chi connectivity index (χ4v) is 2.40. The zero-order valence-electron chi connectivity index (χ0n) is 13.5. The molecule has 1 atom stereocenters. The van der Waals surface area contributed by atoms with Gasteiger partial charge in [0.15, 0.2) is 0 Å². The first-order valence-electron chi connectivity index (χ1n) is 7.63. The van der Waals surface area contributed by atoms with Crippen LogP contribution in [0, 0.1) is 0 Å². The molecule has 0 saturated heterocycles. The van der Waals surface area contributed by atoms with Gasteiger partial charge in [0.1, 0.15) is 18.5 Å². The molecule has 0 radical (unpaired) electrons. The van der Waals surface area contributed by atoms with Crippen molar-refractivity contribution in [2.45, 2.75) is 13.0 Å². The Bertz CT molecular complexity index is 833. The van der Waals surface area contributed by atoms with Gasteiger partial charge in [0.2, 0.25) is 0 Å². The van der Waals surface area contributed by atoms with Crippen LogP contribution in [0.4, 0.5) is 0 Å². The number of fused-ring (bicyclic) bond motifs is 1. The third-order valence-corrected chi connectivity index (χ3v) is 3.70. The van der Waals surface area contributed by atoms with E-state index in [1.54, 1.807) is 18.3 Å². The van der Waals surface area contributed by atoms with Crippen molar-refractivity contribution in [2.75, 3.05) is 7.11 Å². The van der Waals surface area contributed by atoms with E-state index in [9.17, 15) is 4.79 Å². The highest BCUT2D eigenvalue weighted by atomic mass is 16.6. The first-order valence-corrected chi connectivity index (χ1v) is 7.63. The third kappa shape index (κ3) is 3.46. The molecule has 24 heavy (non-hydrogen) atoms. The summed E-state index contributed by atoms with van der Waals surface area (Å²) in [6.07, 6.45) is 1.58. The number of amides is 1. The third-order valence-electron chi connectivity index (χ3n) is 3.70. The van der Waals surface area contributed by atoms with Gasteiger partial charge in [-0.1, -0.05) is 35.5 Å². The number of nitrogens with one attached hydrogen (secondary N) is 1. The van der Waals surface area contributed by atoms with Gasteiger partial charge < -0.3 is 14.6 Å². The van der Waals surface area contributed by atoms with Crippen molar-refractivity contribution < 1.29 is 14.0 Å². The van der Waals surface area contributed by atoms with Crippen LogP contribution in [0.2, 0.25) is 0 Å². The molecule has 5 heteroatoms. The summed E-state index contributed by atoms with van der Waals surface area (Å²) < 4.78 is 5.78. The van der Waals surface area contributed by atoms with Gasteiger partial charge in [-0.3, -0.25) is 4.79 Å². The van der Waals surface area contributed by atoms with E-state index in [2.05, 4.69) is 15.3 Å². The van der Waals surface area contributed by atoms with Crippen LogP contribution in [-0.2, 0) is 4.84 Å². The Balaban J connectivity index is 1.70. The monoisotopic (exact) mass is 322 g/mol. The van der Waals surface area contributed by atoms with E-state index in [0.717, 1.165) is 22.3 Å². The number of hydrogen-bond acceptors (Lipinski definition) is 4. The van der Waals surface area contributed by atoms with Crippen LogP contribution in [-0.4, -0.2) is 19.2 Å². The van der Waals surface area contributed by atoms with Crippen molar-refractivity contribution in [3.05, 3.63) is 71.5 Å². The fraction of sp³-hybridized carbons (Fsp3) is 0.158. The lowest BCUT2D eigenvalue weighted by Crippen LogP contribution is -2.26. The second-order valence-corrected chi connectivity index (χ2v) is 5.42. The maximum Gasteiger partial charge on any atom is 0.251 e. The SMILES string of the molecule is CO/N=C/c1ccc(C(=O)NC(C)c2cc3ccccc3o2)cc1. The molecule has 1 heterocycles. The zero-order chi connectivity index (χ0) is 16.9. The minimum atomic E-state index is -0.223. The molecule has 0 saturated carbocycles. The molecule has 0 aliphatic rings. The van der Waals surface area contributed by atoms with Crippen LogP contribution in [0.1, 0.15) is 34.6 Å². The average molecular weight is 322 g/mol. The molecule has 0 bridgehead atoms. The Morgan fingerprint density at radius 1 is 1.21 bits per heavy atom. The normalized spacial score (nSPS) is 12.4. The van der Waals surface area contributed by atoms with Crippen molar-refractivity contribution in [2.24, 2.45) is 5.16 Å². The zero-order valence-corrected chi connectivity index (χ0v) is 13.5. The summed E-state index contributed by atoms with van der Waals surface area (Å²) in [5, 5.41) is 7.66. The van der Waals surface area contributed by atoms with Crippen molar-refractivity contribution in [3.63, 3.8) is 0 Å². The Kier molecular flexibility index (Phi) is 4.61. The second kappa shape index (κ2) is 7.00. The maximum atomic E-state index is 12.4. The molecule has 0 aliphatic carbocycles. The lowest BCUT2D eigenvalue weighted by molar-refractivity contribution is 0.0935. The minimum absolute atomic E-state index is 0.154. The van der Waals surface area contributed by atoms with Gasteiger partial charge in [-0.2, -0.15) is 0 Å². The molecule has 1 unspecified atom stereocenters. The molecule has 1 amide bonds. The summed E-state index contributed by atoms with van der Waals surface area (Å²) >= 11 is 0. The molecule has 0 fully saturated rings. The molecule has 2 aromatic carbocycles. The Morgan fingerprint density at radius 2 is 1.96 bits per heavy atom. The van der Waals surface area contributed by atoms with Gasteiger partial charge in [0.25, 0.3) is 5.91 Å². The summed E-state index contributed by atoms with van der Waals surface area (Å²) in [7, 11) is 1.48. The van der Waals surface area contributed by atoms with Crippen LogP contribution in [0.25, 0.3) is 11.0 Å². The fourth-order valence-electron chi connectivity index (χ4n) is 2.40. The van der Waals surface area contributed by atoms with E-state index in [0.29, 0.717) is 5.56 Å². The van der Waals surface area contributed by atoms with E-state index in [1.807, 2.05) is 49.4 Å². The van der Waals surface area contributed by atoms with Gasteiger partial charge >= 0.3 is 0 Å². The number of carbonyl (C=O) groups excluding carboxylic acids is 1. The molecular weight excluding hydrogens is 304 g/mol. The smallest absolute Gasteiger partial charge is 0.251 e.